The average molecular weight is 402 g/mol. The summed E-state index contributed by atoms with van der Waals surface area (Å²) < 4.78 is 28.7. The Morgan fingerprint density at radius 1 is 1.21 bits per heavy atom. The van der Waals surface area contributed by atoms with Crippen molar-refractivity contribution in [3.05, 3.63) is 42.4 Å². The highest BCUT2D eigenvalue weighted by Gasteiger charge is 2.58. The molecule has 28 heavy (non-hydrogen) atoms. The summed E-state index contributed by atoms with van der Waals surface area (Å²) in [5.41, 5.74) is 3.44. The number of fused-ring (bicyclic) bond motifs is 3. The van der Waals surface area contributed by atoms with Crippen molar-refractivity contribution in [1.82, 2.24) is 13.9 Å². The monoisotopic (exact) mass is 401 g/mol. The second kappa shape index (κ2) is 6.15. The Morgan fingerprint density at radius 2 is 1.93 bits per heavy atom. The molecule has 3 heterocycles. The Bertz CT molecular complexity index is 1010. The van der Waals surface area contributed by atoms with E-state index in [0.717, 1.165) is 25.0 Å². The Labute approximate surface area is 166 Å². The summed E-state index contributed by atoms with van der Waals surface area (Å²) >= 11 is 0. The maximum absolute atomic E-state index is 12.5. The molecule has 1 saturated carbocycles. The number of aliphatic hydroxyl groups excluding tert-OH is 1. The number of imidazole rings is 1. The molecule has 150 valence electrons. The molecule has 7 heteroatoms. The lowest BCUT2D eigenvalue weighted by Crippen LogP contribution is -2.60. The second-order valence-corrected chi connectivity index (χ2v) is 11.4. The van der Waals surface area contributed by atoms with Gasteiger partial charge in [-0.25, -0.2) is 17.7 Å². The Morgan fingerprint density at radius 3 is 2.61 bits per heavy atom. The molecule has 6 nitrogen and oxygen atoms in total. The third kappa shape index (κ3) is 2.39. The second-order valence-electron chi connectivity index (χ2n) is 8.89. The van der Waals surface area contributed by atoms with Crippen molar-refractivity contribution in [3.63, 3.8) is 0 Å². The van der Waals surface area contributed by atoms with Gasteiger partial charge in [-0.05, 0) is 44.1 Å². The van der Waals surface area contributed by atoms with Gasteiger partial charge in [-0.2, -0.15) is 0 Å². The molecule has 1 aliphatic carbocycles. The van der Waals surface area contributed by atoms with Crippen LogP contribution in [0, 0.1) is 11.3 Å². The van der Waals surface area contributed by atoms with E-state index in [4.69, 9.17) is 0 Å². The molecule has 1 saturated heterocycles. The van der Waals surface area contributed by atoms with Crippen molar-refractivity contribution < 1.29 is 13.5 Å². The van der Waals surface area contributed by atoms with Crippen LogP contribution >= 0.6 is 0 Å². The van der Waals surface area contributed by atoms with Crippen molar-refractivity contribution in [2.75, 3.05) is 13.1 Å². The zero-order chi connectivity index (χ0) is 19.7. The molecule has 0 bridgehead atoms. The highest BCUT2D eigenvalue weighted by molar-refractivity contribution is 7.89. The number of sulfonamides is 1. The average Bonchev–Trinajstić information content (AvgIpc) is 3.27. The molecule has 2 fully saturated rings. The van der Waals surface area contributed by atoms with Crippen molar-refractivity contribution in [3.8, 4) is 11.3 Å². The van der Waals surface area contributed by atoms with Gasteiger partial charge in [0.2, 0.25) is 10.0 Å². The van der Waals surface area contributed by atoms with E-state index in [0.29, 0.717) is 13.1 Å². The minimum absolute atomic E-state index is 0.117. The first-order valence-electron chi connectivity index (χ1n) is 10.1. The molecule has 3 aliphatic rings. The summed E-state index contributed by atoms with van der Waals surface area (Å²) in [4.78, 5) is 4.32. The summed E-state index contributed by atoms with van der Waals surface area (Å²) in [6, 6.07) is 8.50. The topological polar surface area (TPSA) is 75.4 Å². The van der Waals surface area contributed by atoms with Crippen LogP contribution in [-0.2, 0) is 10.0 Å². The van der Waals surface area contributed by atoms with Crippen LogP contribution in [0.5, 0.6) is 0 Å². The number of benzene rings is 1. The van der Waals surface area contributed by atoms with E-state index in [2.05, 4.69) is 27.8 Å². The van der Waals surface area contributed by atoms with Gasteiger partial charge in [0.15, 0.2) is 0 Å². The van der Waals surface area contributed by atoms with E-state index in [1.54, 1.807) is 18.2 Å². The van der Waals surface area contributed by atoms with Gasteiger partial charge in [0.05, 0.1) is 35.6 Å². The molecule has 2 aliphatic heterocycles. The van der Waals surface area contributed by atoms with Gasteiger partial charge < -0.3 is 9.67 Å². The molecule has 0 amide bonds. The Kier molecular flexibility index (Phi) is 4.03. The van der Waals surface area contributed by atoms with Crippen LogP contribution in [0.15, 0.2) is 36.8 Å². The Balaban J connectivity index is 1.36. The van der Waals surface area contributed by atoms with Gasteiger partial charge in [-0.3, -0.25) is 0 Å². The number of piperidine rings is 1. The van der Waals surface area contributed by atoms with Crippen LogP contribution in [0.1, 0.15) is 44.7 Å². The standard InChI is InChI=1S/C21H27N3O3S/c1-14(2)28(26,27)23-9-7-21(8-10-23)11-17(20(21)25)19-16-6-4-3-5-15(16)18-12-22-13-24(18)19/h3-6,12-14,17,19-20,25H,7-11H2,1-2H3. The normalized spacial score (nSPS) is 28.9. The molecule has 3 atom stereocenters. The first-order chi connectivity index (χ1) is 13.3. The van der Waals surface area contributed by atoms with Gasteiger partial charge in [0.25, 0.3) is 0 Å². The third-order valence-electron chi connectivity index (χ3n) is 7.28. The van der Waals surface area contributed by atoms with Gasteiger partial charge in [0.1, 0.15) is 0 Å². The predicted octanol–water partition coefficient (Wildman–Crippen LogP) is 2.65. The lowest BCUT2D eigenvalue weighted by Gasteiger charge is -2.57. The molecule has 1 N–H and O–H groups in total. The minimum Gasteiger partial charge on any atom is -0.392 e. The van der Waals surface area contributed by atoms with Crippen LogP contribution < -0.4 is 0 Å². The van der Waals surface area contributed by atoms with Crippen LogP contribution in [0.4, 0.5) is 0 Å². The highest BCUT2D eigenvalue weighted by Crippen LogP contribution is 2.59. The fourth-order valence-electron chi connectivity index (χ4n) is 5.57. The SMILES string of the molecule is CC(C)S(=O)(=O)N1CCC2(CC1)CC(C1c3ccccc3-c3cncn31)C2O. The molecule has 3 unspecified atom stereocenters. The van der Waals surface area contributed by atoms with Crippen LogP contribution in [0.2, 0.25) is 0 Å². The van der Waals surface area contributed by atoms with Crippen molar-refractivity contribution in [1.29, 1.82) is 0 Å². The van der Waals surface area contributed by atoms with Gasteiger partial charge in [0, 0.05) is 24.6 Å². The molecule has 1 aromatic heterocycles. The van der Waals surface area contributed by atoms with Gasteiger partial charge >= 0.3 is 0 Å². The van der Waals surface area contributed by atoms with E-state index >= 15 is 0 Å². The molecule has 2 aromatic rings. The highest BCUT2D eigenvalue weighted by atomic mass is 32.2. The Hall–Kier alpha value is -1.70. The lowest BCUT2D eigenvalue weighted by atomic mass is 9.53. The summed E-state index contributed by atoms with van der Waals surface area (Å²) in [5, 5.41) is 10.8. The van der Waals surface area contributed by atoms with Crippen molar-refractivity contribution >= 4 is 10.0 Å². The van der Waals surface area contributed by atoms with E-state index < -0.39 is 21.4 Å². The van der Waals surface area contributed by atoms with E-state index in [9.17, 15) is 13.5 Å². The lowest BCUT2D eigenvalue weighted by molar-refractivity contribution is -0.152. The maximum Gasteiger partial charge on any atom is 0.216 e. The fourth-order valence-corrected chi connectivity index (χ4v) is 6.86. The van der Waals surface area contributed by atoms with E-state index in [1.165, 1.54) is 11.1 Å². The van der Waals surface area contributed by atoms with Crippen LogP contribution in [0.3, 0.4) is 0 Å². The predicted molar refractivity (Wildman–Crippen MR) is 107 cm³/mol. The summed E-state index contributed by atoms with van der Waals surface area (Å²) in [5.74, 6) is 0.143. The number of rotatable bonds is 3. The van der Waals surface area contributed by atoms with Gasteiger partial charge in [-0.1, -0.05) is 24.3 Å². The molecule has 0 radical (unpaired) electrons. The molecular formula is C21H27N3O3S. The largest absolute Gasteiger partial charge is 0.392 e. The summed E-state index contributed by atoms with van der Waals surface area (Å²) in [6.07, 6.45) is 5.76. The number of aromatic nitrogens is 2. The minimum atomic E-state index is -3.21. The number of hydrogen-bond acceptors (Lipinski definition) is 4. The zero-order valence-electron chi connectivity index (χ0n) is 16.3. The van der Waals surface area contributed by atoms with E-state index in [-0.39, 0.29) is 17.4 Å². The quantitative estimate of drug-likeness (QED) is 0.858. The third-order valence-corrected chi connectivity index (χ3v) is 9.55. The number of aliphatic hydroxyl groups is 1. The maximum atomic E-state index is 12.5. The fraction of sp³-hybridized carbons (Fsp3) is 0.571. The first-order valence-corrected chi connectivity index (χ1v) is 11.6. The summed E-state index contributed by atoms with van der Waals surface area (Å²) in [7, 11) is -3.21. The van der Waals surface area contributed by atoms with Gasteiger partial charge in [-0.15, -0.1) is 0 Å². The molecule has 5 rings (SSSR count). The molecular weight excluding hydrogens is 374 g/mol. The van der Waals surface area contributed by atoms with Crippen molar-refractivity contribution in [2.45, 2.75) is 50.5 Å². The van der Waals surface area contributed by atoms with Crippen LogP contribution in [0.25, 0.3) is 11.3 Å². The van der Waals surface area contributed by atoms with Crippen molar-refractivity contribution in [2.24, 2.45) is 11.3 Å². The summed E-state index contributed by atoms with van der Waals surface area (Å²) in [6.45, 7) is 4.49. The smallest absolute Gasteiger partial charge is 0.216 e. The number of hydrogen-bond donors (Lipinski definition) is 1. The first kappa shape index (κ1) is 18.3. The van der Waals surface area contributed by atoms with E-state index in [1.807, 2.05) is 18.6 Å². The molecule has 1 spiro atoms. The zero-order valence-corrected chi connectivity index (χ0v) is 17.1. The van der Waals surface area contributed by atoms with Crippen LogP contribution in [-0.4, -0.2) is 51.8 Å². The molecule has 1 aromatic carbocycles. The number of nitrogens with zero attached hydrogens (tertiary/aromatic N) is 3.